The quantitative estimate of drug-likeness (QED) is 0.905. The van der Waals surface area contributed by atoms with Gasteiger partial charge in [-0.1, -0.05) is 13.0 Å². The van der Waals surface area contributed by atoms with E-state index < -0.39 is 11.4 Å². The number of amides is 1. The van der Waals surface area contributed by atoms with Crippen LogP contribution in [0.25, 0.3) is 0 Å². The number of carboxylic acids is 1. The third-order valence-corrected chi connectivity index (χ3v) is 5.46. The Morgan fingerprint density at radius 2 is 2.00 bits per heavy atom. The van der Waals surface area contributed by atoms with Crippen LogP contribution in [0.4, 0.5) is 5.69 Å². The van der Waals surface area contributed by atoms with Gasteiger partial charge in [0.25, 0.3) is 5.91 Å². The lowest BCUT2D eigenvalue weighted by atomic mass is 9.77. The lowest BCUT2D eigenvalue weighted by molar-refractivity contribution is -0.152. The number of piperidine rings is 1. The Kier molecular flexibility index (Phi) is 5.27. The zero-order chi connectivity index (χ0) is 17.9. The molecule has 2 aliphatic heterocycles. The third-order valence-electron chi connectivity index (χ3n) is 5.46. The van der Waals surface area contributed by atoms with Crippen molar-refractivity contribution in [3.8, 4) is 0 Å². The fraction of sp³-hybridized carbons (Fsp3) is 0.579. The molecule has 136 valence electrons. The molecule has 6 nitrogen and oxygen atoms in total. The first kappa shape index (κ1) is 17.7. The molecule has 0 radical (unpaired) electrons. The molecule has 0 aromatic heterocycles. The molecule has 2 heterocycles. The van der Waals surface area contributed by atoms with Gasteiger partial charge in [0.2, 0.25) is 0 Å². The van der Waals surface area contributed by atoms with E-state index in [0.29, 0.717) is 44.7 Å². The van der Waals surface area contributed by atoms with E-state index in [-0.39, 0.29) is 5.91 Å². The summed E-state index contributed by atoms with van der Waals surface area (Å²) < 4.78 is 5.38. The van der Waals surface area contributed by atoms with Gasteiger partial charge in [-0.15, -0.1) is 0 Å². The summed E-state index contributed by atoms with van der Waals surface area (Å²) in [5, 5.41) is 9.62. The zero-order valence-corrected chi connectivity index (χ0v) is 14.7. The summed E-state index contributed by atoms with van der Waals surface area (Å²) in [6, 6.07) is 7.63. The largest absolute Gasteiger partial charge is 0.481 e. The molecule has 2 saturated heterocycles. The molecule has 1 aromatic rings. The third kappa shape index (κ3) is 3.63. The van der Waals surface area contributed by atoms with Crippen LogP contribution >= 0.6 is 0 Å². The second kappa shape index (κ2) is 7.44. The highest BCUT2D eigenvalue weighted by atomic mass is 16.5. The minimum atomic E-state index is -0.810. The van der Waals surface area contributed by atoms with Crippen molar-refractivity contribution in [1.29, 1.82) is 0 Å². The van der Waals surface area contributed by atoms with E-state index in [1.807, 2.05) is 31.2 Å². The molecule has 3 rings (SSSR count). The number of ether oxygens (including phenoxy) is 1. The van der Waals surface area contributed by atoms with Gasteiger partial charge in [-0.3, -0.25) is 9.59 Å². The van der Waals surface area contributed by atoms with Crippen molar-refractivity contribution >= 4 is 17.6 Å². The maximum atomic E-state index is 13.0. The number of morpholine rings is 1. The topological polar surface area (TPSA) is 70.1 Å². The lowest BCUT2D eigenvalue weighted by Crippen LogP contribution is -2.49. The van der Waals surface area contributed by atoms with E-state index in [9.17, 15) is 14.7 Å². The fourth-order valence-electron chi connectivity index (χ4n) is 3.76. The summed E-state index contributed by atoms with van der Waals surface area (Å²) in [5.74, 6) is -0.872. The number of nitrogens with zero attached hydrogens (tertiary/aromatic N) is 2. The van der Waals surface area contributed by atoms with Crippen molar-refractivity contribution in [2.45, 2.75) is 26.2 Å². The SMILES string of the molecule is CCC1(C(=O)O)CCCN(C(=O)c2cccc(N3CCOCC3)c2)C1. The van der Waals surface area contributed by atoms with Gasteiger partial charge in [0, 0.05) is 37.4 Å². The van der Waals surface area contributed by atoms with E-state index in [0.717, 1.165) is 25.2 Å². The number of anilines is 1. The smallest absolute Gasteiger partial charge is 0.311 e. The van der Waals surface area contributed by atoms with Gasteiger partial charge in [0.1, 0.15) is 0 Å². The molecule has 2 fully saturated rings. The molecule has 6 heteroatoms. The molecule has 1 aromatic carbocycles. The zero-order valence-electron chi connectivity index (χ0n) is 14.7. The summed E-state index contributed by atoms with van der Waals surface area (Å²) in [7, 11) is 0. The van der Waals surface area contributed by atoms with Crippen LogP contribution in [0.1, 0.15) is 36.5 Å². The van der Waals surface area contributed by atoms with Crippen LogP contribution in [-0.2, 0) is 9.53 Å². The molecular formula is C19H26N2O4. The van der Waals surface area contributed by atoms with Gasteiger partial charge in [-0.05, 0) is 37.5 Å². The summed E-state index contributed by atoms with van der Waals surface area (Å²) in [4.78, 5) is 28.6. The maximum absolute atomic E-state index is 13.0. The second-order valence-electron chi connectivity index (χ2n) is 6.92. The summed E-state index contributed by atoms with van der Waals surface area (Å²) in [5.41, 5.74) is 0.836. The first-order chi connectivity index (χ1) is 12.1. The van der Waals surface area contributed by atoms with Crippen LogP contribution in [0.5, 0.6) is 0 Å². The van der Waals surface area contributed by atoms with Crippen molar-refractivity contribution in [3.05, 3.63) is 29.8 Å². The van der Waals surface area contributed by atoms with Crippen molar-refractivity contribution in [2.24, 2.45) is 5.41 Å². The Hall–Kier alpha value is -2.08. The number of rotatable bonds is 4. The Morgan fingerprint density at radius 1 is 1.24 bits per heavy atom. The van der Waals surface area contributed by atoms with E-state index in [1.54, 1.807) is 4.90 Å². The average molecular weight is 346 g/mol. The van der Waals surface area contributed by atoms with Crippen LogP contribution in [0, 0.1) is 5.41 Å². The van der Waals surface area contributed by atoms with Gasteiger partial charge in [-0.25, -0.2) is 0 Å². The first-order valence-electron chi connectivity index (χ1n) is 9.01. The predicted molar refractivity (Wildman–Crippen MR) is 95.0 cm³/mol. The number of hydrogen-bond donors (Lipinski definition) is 1. The van der Waals surface area contributed by atoms with Crippen LogP contribution in [-0.4, -0.2) is 61.3 Å². The number of aliphatic carboxylic acids is 1. The molecule has 0 bridgehead atoms. The highest BCUT2D eigenvalue weighted by molar-refractivity contribution is 5.95. The molecule has 2 aliphatic rings. The minimum absolute atomic E-state index is 0.0751. The van der Waals surface area contributed by atoms with Crippen LogP contribution in [0.15, 0.2) is 24.3 Å². The molecule has 1 amide bonds. The molecule has 1 N–H and O–H groups in total. The number of hydrogen-bond acceptors (Lipinski definition) is 4. The van der Waals surface area contributed by atoms with Gasteiger partial charge >= 0.3 is 5.97 Å². The minimum Gasteiger partial charge on any atom is -0.481 e. The van der Waals surface area contributed by atoms with Gasteiger partial charge in [0.05, 0.1) is 18.6 Å². The number of carbonyl (C=O) groups is 2. The predicted octanol–water partition coefficient (Wildman–Crippen LogP) is 2.24. The van der Waals surface area contributed by atoms with E-state index in [2.05, 4.69) is 4.90 Å². The van der Waals surface area contributed by atoms with Crippen molar-refractivity contribution in [2.75, 3.05) is 44.3 Å². The molecule has 0 saturated carbocycles. The Morgan fingerprint density at radius 3 is 2.68 bits per heavy atom. The Balaban J connectivity index is 1.77. The molecule has 0 spiro atoms. The summed E-state index contributed by atoms with van der Waals surface area (Å²) in [6.07, 6.45) is 1.91. The van der Waals surface area contributed by atoms with Crippen LogP contribution < -0.4 is 4.90 Å². The maximum Gasteiger partial charge on any atom is 0.311 e. The van der Waals surface area contributed by atoms with Gasteiger partial charge < -0.3 is 19.6 Å². The summed E-state index contributed by atoms with van der Waals surface area (Å²) >= 11 is 0. The molecule has 0 aliphatic carbocycles. The lowest BCUT2D eigenvalue weighted by Gasteiger charge is -2.39. The Labute approximate surface area is 148 Å². The monoisotopic (exact) mass is 346 g/mol. The Bertz CT molecular complexity index is 642. The van der Waals surface area contributed by atoms with Crippen molar-refractivity contribution < 1.29 is 19.4 Å². The van der Waals surface area contributed by atoms with Crippen LogP contribution in [0.3, 0.4) is 0 Å². The van der Waals surface area contributed by atoms with Gasteiger partial charge in [0.15, 0.2) is 0 Å². The van der Waals surface area contributed by atoms with Crippen molar-refractivity contribution in [1.82, 2.24) is 4.90 Å². The van der Waals surface area contributed by atoms with Gasteiger partial charge in [-0.2, -0.15) is 0 Å². The second-order valence-corrected chi connectivity index (χ2v) is 6.92. The van der Waals surface area contributed by atoms with E-state index in [1.165, 1.54) is 0 Å². The van der Waals surface area contributed by atoms with E-state index in [4.69, 9.17) is 4.74 Å². The highest BCUT2D eigenvalue weighted by Crippen LogP contribution is 2.34. The van der Waals surface area contributed by atoms with Crippen molar-refractivity contribution in [3.63, 3.8) is 0 Å². The number of carboxylic acid groups (broad SMARTS) is 1. The molecule has 1 unspecified atom stereocenters. The number of carbonyl (C=O) groups excluding carboxylic acids is 1. The number of benzene rings is 1. The number of likely N-dealkylation sites (tertiary alicyclic amines) is 1. The van der Waals surface area contributed by atoms with Crippen LogP contribution in [0.2, 0.25) is 0 Å². The average Bonchev–Trinajstić information content (AvgIpc) is 2.68. The first-order valence-corrected chi connectivity index (χ1v) is 9.01. The summed E-state index contributed by atoms with van der Waals surface area (Å²) in [6.45, 7) is 5.83. The molecule has 1 atom stereocenters. The normalized spacial score (nSPS) is 24.2. The molecular weight excluding hydrogens is 320 g/mol. The van der Waals surface area contributed by atoms with E-state index >= 15 is 0 Å². The standard InChI is InChI=1S/C19H26N2O4/c1-2-19(18(23)24)7-4-8-21(14-19)17(22)15-5-3-6-16(13-15)20-9-11-25-12-10-20/h3,5-6,13H,2,4,7-12,14H2,1H3,(H,23,24). The fourth-order valence-corrected chi connectivity index (χ4v) is 3.76. The highest BCUT2D eigenvalue weighted by Gasteiger charge is 2.42. The molecule has 25 heavy (non-hydrogen) atoms.